The van der Waals surface area contributed by atoms with E-state index in [4.69, 9.17) is 0 Å². The number of rotatable bonds is 8. The number of pyridine rings is 1. The Kier molecular flexibility index (Phi) is 5.36. The molecule has 0 radical (unpaired) electrons. The number of sulfonamides is 1. The van der Waals surface area contributed by atoms with Gasteiger partial charge in [0.15, 0.2) is 0 Å². The molecule has 0 aliphatic heterocycles. The molecule has 0 amide bonds. The van der Waals surface area contributed by atoms with Crippen LogP contribution in [-0.4, -0.2) is 29.7 Å². The van der Waals surface area contributed by atoms with Crippen molar-refractivity contribution in [3.63, 3.8) is 0 Å². The van der Waals surface area contributed by atoms with Gasteiger partial charge in [-0.25, -0.2) is 13.1 Å². The largest absolute Gasteiger partial charge is 0.267 e. The minimum Gasteiger partial charge on any atom is -0.267 e. The first-order valence-electron chi connectivity index (χ1n) is 9.33. The van der Waals surface area contributed by atoms with Crippen LogP contribution in [-0.2, 0) is 16.6 Å². The molecule has 144 valence electrons. The van der Waals surface area contributed by atoms with Crippen molar-refractivity contribution in [3.8, 4) is 11.4 Å². The zero-order valence-electron chi connectivity index (χ0n) is 15.4. The third kappa shape index (κ3) is 4.74. The van der Waals surface area contributed by atoms with Gasteiger partial charge in [0.1, 0.15) is 5.69 Å². The topological polar surface area (TPSA) is 76.9 Å². The summed E-state index contributed by atoms with van der Waals surface area (Å²) in [5.41, 5.74) is 3.65. The predicted molar refractivity (Wildman–Crippen MR) is 110 cm³/mol. The van der Waals surface area contributed by atoms with Gasteiger partial charge in [0.2, 0.25) is 10.0 Å². The molecule has 2 aromatic heterocycles. The Morgan fingerprint density at radius 1 is 1.07 bits per heavy atom. The molecular formula is C21H22N4O2S. The van der Waals surface area contributed by atoms with Crippen LogP contribution in [0.25, 0.3) is 17.5 Å². The summed E-state index contributed by atoms with van der Waals surface area (Å²) in [6.45, 7) is 0.765. The van der Waals surface area contributed by atoms with E-state index in [1.54, 1.807) is 12.3 Å². The van der Waals surface area contributed by atoms with Crippen molar-refractivity contribution < 1.29 is 8.42 Å². The molecule has 0 saturated heterocycles. The lowest BCUT2D eigenvalue weighted by Gasteiger charge is -2.07. The highest BCUT2D eigenvalue weighted by Gasteiger charge is 2.28. The van der Waals surface area contributed by atoms with Crippen LogP contribution < -0.4 is 4.72 Å². The van der Waals surface area contributed by atoms with E-state index in [2.05, 4.69) is 20.9 Å². The standard InChI is InChI=1S/C21H22N4O2S/c26-28(27,15-11-17-6-2-1-3-7-17)23-13-14-25-21(18-9-10-18)16-20(24-25)19-8-4-5-12-22-19/h1-8,11-12,15-16,18,23H,9-10,13-14H2. The van der Waals surface area contributed by atoms with Gasteiger partial charge < -0.3 is 0 Å². The third-order valence-electron chi connectivity index (χ3n) is 4.60. The molecule has 3 aromatic rings. The van der Waals surface area contributed by atoms with Crippen LogP contribution in [0.3, 0.4) is 0 Å². The lowest BCUT2D eigenvalue weighted by atomic mass is 10.2. The fraction of sp³-hybridized carbons (Fsp3) is 0.238. The minimum atomic E-state index is -3.50. The lowest BCUT2D eigenvalue weighted by Crippen LogP contribution is -2.26. The highest BCUT2D eigenvalue weighted by molar-refractivity contribution is 7.92. The number of benzene rings is 1. The molecule has 1 saturated carbocycles. The van der Waals surface area contributed by atoms with Gasteiger partial charge in [0.05, 0.1) is 12.2 Å². The predicted octanol–water partition coefficient (Wildman–Crippen LogP) is 3.41. The summed E-state index contributed by atoms with van der Waals surface area (Å²) in [5.74, 6) is 0.513. The summed E-state index contributed by atoms with van der Waals surface area (Å²) >= 11 is 0. The van der Waals surface area contributed by atoms with E-state index < -0.39 is 10.0 Å². The zero-order chi connectivity index (χ0) is 19.4. The van der Waals surface area contributed by atoms with Crippen LogP contribution >= 0.6 is 0 Å². The van der Waals surface area contributed by atoms with E-state index in [-0.39, 0.29) is 6.54 Å². The number of hydrogen-bond acceptors (Lipinski definition) is 4. The van der Waals surface area contributed by atoms with Gasteiger partial charge in [0.25, 0.3) is 0 Å². The van der Waals surface area contributed by atoms with Crippen molar-refractivity contribution in [2.24, 2.45) is 0 Å². The monoisotopic (exact) mass is 394 g/mol. The molecule has 4 rings (SSSR count). The maximum absolute atomic E-state index is 12.2. The Balaban J connectivity index is 1.42. The van der Waals surface area contributed by atoms with E-state index >= 15 is 0 Å². The molecule has 1 N–H and O–H groups in total. The Hall–Kier alpha value is -2.77. The number of aromatic nitrogens is 3. The second-order valence-electron chi connectivity index (χ2n) is 6.82. The molecule has 2 heterocycles. The molecule has 1 aliphatic carbocycles. The normalized spacial score (nSPS) is 14.6. The van der Waals surface area contributed by atoms with Gasteiger partial charge in [-0.1, -0.05) is 36.4 Å². The van der Waals surface area contributed by atoms with Crippen molar-refractivity contribution in [3.05, 3.63) is 77.5 Å². The summed E-state index contributed by atoms with van der Waals surface area (Å²) in [5, 5.41) is 5.86. The first kappa shape index (κ1) is 18.6. The highest BCUT2D eigenvalue weighted by atomic mass is 32.2. The molecule has 28 heavy (non-hydrogen) atoms. The van der Waals surface area contributed by atoms with E-state index in [1.807, 2.05) is 53.2 Å². The van der Waals surface area contributed by atoms with Gasteiger partial charge in [-0.2, -0.15) is 5.10 Å². The highest BCUT2D eigenvalue weighted by Crippen LogP contribution is 2.41. The van der Waals surface area contributed by atoms with E-state index in [0.717, 1.165) is 35.5 Å². The summed E-state index contributed by atoms with van der Waals surface area (Å²) in [4.78, 5) is 4.36. The summed E-state index contributed by atoms with van der Waals surface area (Å²) in [7, 11) is -3.50. The Bertz CT molecular complexity index is 1060. The van der Waals surface area contributed by atoms with Crippen molar-refractivity contribution in [2.45, 2.75) is 25.3 Å². The molecule has 1 aromatic carbocycles. The van der Waals surface area contributed by atoms with Crippen LogP contribution in [0.1, 0.15) is 30.0 Å². The van der Waals surface area contributed by atoms with Gasteiger partial charge in [-0.15, -0.1) is 0 Å². The molecule has 1 fully saturated rings. The van der Waals surface area contributed by atoms with E-state index in [1.165, 1.54) is 5.41 Å². The molecular weight excluding hydrogens is 372 g/mol. The van der Waals surface area contributed by atoms with E-state index in [9.17, 15) is 8.42 Å². The smallest absolute Gasteiger partial charge is 0.233 e. The van der Waals surface area contributed by atoms with Gasteiger partial charge in [-0.3, -0.25) is 9.67 Å². The third-order valence-corrected chi connectivity index (χ3v) is 5.70. The van der Waals surface area contributed by atoms with Crippen LogP contribution in [0.15, 0.2) is 66.2 Å². The summed E-state index contributed by atoms with van der Waals surface area (Å²) in [6, 6.07) is 17.2. The quantitative estimate of drug-likeness (QED) is 0.635. The zero-order valence-corrected chi connectivity index (χ0v) is 16.2. The fourth-order valence-electron chi connectivity index (χ4n) is 3.03. The maximum atomic E-state index is 12.2. The number of hydrogen-bond donors (Lipinski definition) is 1. The Morgan fingerprint density at radius 2 is 1.86 bits per heavy atom. The van der Waals surface area contributed by atoms with Gasteiger partial charge >= 0.3 is 0 Å². The second-order valence-corrected chi connectivity index (χ2v) is 8.47. The molecule has 7 heteroatoms. The van der Waals surface area contributed by atoms with Crippen molar-refractivity contribution in [1.29, 1.82) is 0 Å². The van der Waals surface area contributed by atoms with Crippen molar-refractivity contribution in [1.82, 2.24) is 19.5 Å². The molecule has 0 spiro atoms. The minimum absolute atomic E-state index is 0.282. The molecule has 0 atom stereocenters. The average molecular weight is 395 g/mol. The van der Waals surface area contributed by atoms with Crippen LogP contribution in [0.5, 0.6) is 0 Å². The number of nitrogens with zero attached hydrogens (tertiary/aromatic N) is 3. The Labute approximate surface area is 165 Å². The first-order valence-corrected chi connectivity index (χ1v) is 10.9. The van der Waals surface area contributed by atoms with Gasteiger partial charge in [0, 0.05) is 29.8 Å². The molecule has 0 unspecified atom stereocenters. The second kappa shape index (κ2) is 8.08. The van der Waals surface area contributed by atoms with Crippen molar-refractivity contribution >= 4 is 16.1 Å². The van der Waals surface area contributed by atoms with Crippen LogP contribution in [0.4, 0.5) is 0 Å². The first-order chi connectivity index (χ1) is 13.6. The maximum Gasteiger partial charge on any atom is 0.233 e. The van der Waals surface area contributed by atoms with E-state index in [0.29, 0.717) is 12.5 Å². The van der Waals surface area contributed by atoms with Gasteiger partial charge in [-0.05, 0) is 42.7 Å². The van der Waals surface area contributed by atoms with Crippen molar-refractivity contribution in [2.75, 3.05) is 6.54 Å². The molecule has 0 bridgehead atoms. The number of nitrogens with one attached hydrogen (secondary N) is 1. The summed E-state index contributed by atoms with van der Waals surface area (Å²) in [6.07, 6.45) is 5.64. The summed E-state index contributed by atoms with van der Waals surface area (Å²) < 4.78 is 29.0. The molecule has 1 aliphatic rings. The van der Waals surface area contributed by atoms with Crippen LogP contribution in [0.2, 0.25) is 0 Å². The fourth-order valence-corrected chi connectivity index (χ4v) is 3.84. The SMILES string of the molecule is O=S(=O)(C=Cc1ccccc1)NCCn1nc(-c2ccccn2)cc1C1CC1. The van der Waals surface area contributed by atoms with Crippen LogP contribution in [0, 0.1) is 0 Å². The average Bonchev–Trinajstić information content (AvgIpc) is 3.48. The lowest BCUT2D eigenvalue weighted by molar-refractivity contribution is 0.557. The molecule has 6 nitrogen and oxygen atoms in total. The Morgan fingerprint density at radius 3 is 2.57 bits per heavy atom.